The van der Waals surface area contributed by atoms with Crippen molar-refractivity contribution in [2.45, 2.75) is 31.3 Å². The summed E-state index contributed by atoms with van der Waals surface area (Å²) < 4.78 is 5.40. The van der Waals surface area contributed by atoms with Crippen LogP contribution in [0, 0.1) is 0 Å². The van der Waals surface area contributed by atoms with Gasteiger partial charge in [0.05, 0.1) is 23.8 Å². The number of ether oxygens (including phenoxy) is 1. The molecule has 1 heterocycles. The molecule has 0 aromatic carbocycles. The molecule has 1 aliphatic carbocycles. The van der Waals surface area contributed by atoms with Crippen molar-refractivity contribution in [1.29, 1.82) is 0 Å². The van der Waals surface area contributed by atoms with Crippen molar-refractivity contribution in [2.75, 3.05) is 12.4 Å². The number of carbonyl (C=O) groups excluding carboxylic acids is 1. The lowest BCUT2D eigenvalue weighted by Gasteiger charge is -2.39. The Morgan fingerprint density at radius 3 is 2.94 bits per heavy atom. The zero-order chi connectivity index (χ0) is 13.2. The number of anilines is 1. The Kier molecular flexibility index (Phi) is 3.63. The summed E-state index contributed by atoms with van der Waals surface area (Å²) in [6.45, 7) is 0. The fourth-order valence-corrected chi connectivity index (χ4v) is 2.22. The molecule has 7 heteroatoms. The SMILES string of the molecule is COC1(CC(=O)Nc2[nH]ncc2C(N)=S)CCC1. The Morgan fingerprint density at radius 2 is 2.44 bits per heavy atom. The van der Waals surface area contributed by atoms with Gasteiger partial charge >= 0.3 is 0 Å². The number of nitrogens with two attached hydrogens (primary N) is 1. The van der Waals surface area contributed by atoms with E-state index in [9.17, 15) is 4.79 Å². The van der Waals surface area contributed by atoms with E-state index in [0.29, 0.717) is 17.8 Å². The van der Waals surface area contributed by atoms with Gasteiger partial charge in [-0.3, -0.25) is 9.89 Å². The number of hydrogen-bond acceptors (Lipinski definition) is 4. The molecule has 0 spiro atoms. The van der Waals surface area contributed by atoms with Gasteiger partial charge in [-0.15, -0.1) is 0 Å². The highest BCUT2D eigenvalue weighted by atomic mass is 32.1. The van der Waals surface area contributed by atoms with E-state index in [1.165, 1.54) is 6.20 Å². The quantitative estimate of drug-likeness (QED) is 0.691. The largest absolute Gasteiger partial charge is 0.389 e. The van der Waals surface area contributed by atoms with Crippen molar-refractivity contribution in [3.05, 3.63) is 11.8 Å². The van der Waals surface area contributed by atoms with Crippen molar-refractivity contribution in [3.8, 4) is 0 Å². The molecule has 0 bridgehead atoms. The molecule has 4 N–H and O–H groups in total. The Hall–Kier alpha value is -1.47. The van der Waals surface area contributed by atoms with Gasteiger partial charge in [-0.1, -0.05) is 12.2 Å². The molecule has 1 aromatic heterocycles. The van der Waals surface area contributed by atoms with Gasteiger partial charge in [-0.05, 0) is 19.3 Å². The first-order valence-corrected chi connectivity index (χ1v) is 6.15. The van der Waals surface area contributed by atoms with E-state index in [4.69, 9.17) is 22.7 Å². The first-order chi connectivity index (χ1) is 8.56. The molecule has 98 valence electrons. The molecule has 1 aromatic rings. The van der Waals surface area contributed by atoms with Crippen molar-refractivity contribution in [3.63, 3.8) is 0 Å². The number of hydrogen-bond donors (Lipinski definition) is 3. The molecule has 1 saturated carbocycles. The summed E-state index contributed by atoms with van der Waals surface area (Å²) in [6, 6.07) is 0. The molecule has 1 aliphatic rings. The van der Waals surface area contributed by atoms with Crippen LogP contribution in [0.1, 0.15) is 31.2 Å². The van der Waals surface area contributed by atoms with Gasteiger partial charge in [0.25, 0.3) is 0 Å². The van der Waals surface area contributed by atoms with E-state index >= 15 is 0 Å². The van der Waals surface area contributed by atoms with Crippen molar-refractivity contribution < 1.29 is 9.53 Å². The summed E-state index contributed by atoms with van der Waals surface area (Å²) in [6.07, 6.45) is 4.76. The third kappa shape index (κ3) is 2.51. The predicted molar refractivity (Wildman–Crippen MR) is 71.3 cm³/mol. The third-order valence-corrected chi connectivity index (χ3v) is 3.57. The molecule has 0 atom stereocenters. The van der Waals surface area contributed by atoms with Crippen LogP contribution >= 0.6 is 12.2 Å². The lowest BCUT2D eigenvalue weighted by Crippen LogP contribution is -2.42. The molecule has 1 amide bonds. The van der Waals surface area contributed by atoms with E-state index in [1.54, 1.807) is 7.11 Å². The van der Waals surface area contributed by atoms with Gasteiger partial charge < -0.3 is 15.8 Å². The van der Waals surface area contributed by atoms with Gasteiger partial charge in [0.1, 0.15) is 10.8 Å². The highest BCUT2D eigenvalue weighted by Gasteiger charge is 2.39. The second-order valence-corrected chi connectivity index (χ2v) is 4.93. The summed E-state index contributed by atoms with van der Waals surface area (Å²) in [5.74, 6) is 0.316. The highest BCUT2D eigenvalue weighted by Crippen LogP contribution is 2.38. The molecule has 18 heavy (non-hydrogen) atoms. The summed E-state index contributed by atoms with van der Waals surface area (Å²) in [4.78, 5) is 12.1. The molecule has 0 saturated heterocycles. The van der Waals surface area contributed by atoms with E-state index in [-0.39, 0.29) is 16.5 Å². The maximum Gasteiger partial charge on any atom is 0.228 e. The number of nitrogens with zero attached hydrogens (tertiary/aromatic N) is 1. The second-order valence-electron chi connectivity index (χ2n) is 4.49. The average Bonchev–Trinajstić information content (AvgIpc) is 2.71. The Labute approximate surface area is 110 Å². The monoisotopic (exact) mass is 268 g/mol. The predicted octanol–water partition coefficient (Wildman–Crippen LogP) is 0.942. The van der Waals surface area contributed by atoms with Crippen LogP contribution in [0.4, 0.5) is 5.82 Å². The maximum absolute atomic E-state index is 11.9. The number of nitrogens with one attached hydrogen (secondary N) is 2. The number of aromatic nitrogens is 2. The van der Waals surface area contributed by atoms with Crippen LogP contribution < -0.4 is 11.1 Å². The van der Waals surface area contributed by atoms with Crippen LogP contribution in [0.15, 0.2) is 6.20 Å². The van der Waals surface area contributed by atoms with E-state index in [2.05, 4.69) is 15.5 Å². The molecule has 6 nitrogen and oxygen atoms in total. The van der Waals surface area contributed by atoms with Crippen LogP contribution in [0.3, 0.4) is 0 Å². The number of thiocarbonyl (C=S) groups is 1. The number of carbonyl (C=O) groups is 1. The molecular weight excluding hydrogens is 252 g/mol. The number of rotatable bonds is 5. The zero-order valence-electron chi connectivity index (χ0n) is 10.2. The van der Waals surface area contributed by atoms with E-state index in [1.807, 2.05) is 0 Å². The Bertz CT molecular complexity index is 462. The average molecular weight is 268 g/mol. The second kappa shape index (κ2) is 5.03. The standard InChI is InChI=1S/C11H16N4O2S/c1-17-11(3-2-4-11)5-8(16)14-10-7(9(12)18)6-13-15-10/h6H,2-5H2,1H3,(H2,12,18)(H2,13,14,15,16). The summed E-state index contributed by atoms with van der Waals surface area (Å²) >= 11 is 4.86. The zero-order valence-corrected chi connectivity index (χ0v) is 11.0. The number of aromatic amines is 1. The van der Waals surface area contributed by atoms with Crippen molar-refractivity contribution in [1.82, 2.24) is 10.2 Å². The first kappa shape index (κ1) is 13.0. The van der Waals surface area contributed by atoms with Crippen molar-refractivity contribution in [2.24, 2.45) is 5.73 Å². The van der Waals surface area contributed by atoms with Crippen LogP contribution in [0.25, 0.3) is 0 Å². The van der Waals surface area contributed by atoms with Crippen molar-refractivity contribution >= 4 is 28.9 Å². The Balaban J connectivity index is 1.99. The van der Waals surface area contributed by atoms with Gasteiger partial charge in [0.2, 0.25) is 5.91 Å². The molecule has 0 aliphatic heterocycles. The molecule has 2 rings (SSSR count). The third-order valence-electron chi connectivity index (χ3n) is 3.35. The van der Waals surface area contributed by atoms with E-state index in [0.717, 1.165) is 19.3 Å². The topological polar surface area (TPSA) is 93.0 Å². The Morgan fingerprint density at radius 1 is 1.72 bits per heavy atom. The number of methoxy groups -OCH3 is 1. The number of amides is 1. The molecule has 0 unspecified atom stereocenters. The van der Waals surface area contributed by atoms with Gasteiger partial charge in [-0.2, -0.15) is 5.10 Å². The van der Waals surface area contributed by atoms with Gasteiger partial charge in [0, 0.05) is 7.11 Å². The minimum atomic E-state index is -0.298. The minimum Gasteiger partial charge on any atom is -0.389 e. The smallest absolute Gasteiger partial charge is 0.228 e. The van der Waals surface area contributed by atoms with Crippen LogP contribution in [0.5, 0.6) is 0 Å². The van der Waals surface area contributed by atoms with Crippen LogP contribution in [-0.4, -0.2) is 33.8 Å². The molecule has 0 radical (unpaired) electrons. The van der Waals surface area contributed by atoms with Crippen LogP contribution in [0.2, 0.25) is 0 Å². The minimum absolute atomic E-state index is 0.127. The fourth-order valence-electron chi connectivity index (χ4n) is 2.07. The summed E-state index contributed by atoms with van der Waals surface area (Å²) in [5.41, 5.74) is 5.76. The van der Waals surface area contributed by atoms with E-state index < -0.39 is 0 Å². The lowest BCUT2D eigenvalue weighted by molar-refractivity contribution is -0.129. The highest BCUT2D eigenvalue weighted by molar-refractivity contribution is 7.80. The first-order valence-electron chi connectivity index (χ1n) is 5.74. The molecule has 1 fully saturated rings. The van der Waals surface area contributed by atoms with Gasteiger partial charge in [-0.25, -0.2) is 0 Å². The fraction of sp³-hybridized carbons (Fsp3) is 0.545. The van der Waals surface area contributed by atoms with Gasteiger partial charge in [0.15, 0.2) is 0 Å². The molecular formula is C11H16N4O2S. The summed E-state index contributed by atoms with van der Waals surface area (Å²) in [5, 5.41) is 9.20. The lowest BCUT2D eigenvalue weighted by atomic mass is 9.77. The normalized spacial score (nSPS) is 16.9. The van der Waals surface area contributed by atoms with Crippen LogP contribution in [-0.2, 0) is 9.53 Å². The maximum atomic E-state index is 11.9. The summed E-state index contributed by atoms with van der Waals surface area (Å²) in [7, 11) is 1.64. The number of H-pyrrole nitrogens is 1.